The highest BCUT2D eigenvalue weighted by molar-refractivity contribution is 6.39. The van der Waals surface area contributed by atoms with E-state index in [9.17, 15) is 39.3 Å². The number of hydrogen-bond acceptors (Lipinski definition) is 14. The number of allylic oxidation sites excluding steroid dienone is 5. The molecule has 5 rings (SSSR count). The van der Waals surface area contributed by atoms with Crippen LogP contribution >= 0.6 is 0 Å². The number of aliphatic hydroxyl groups is 3. The fourth-order valence-electron chi connectivity index (χ4n) is 10.9. The van der Waals surface area contributed by atoms with Crippen molar-refractivity contribution in [3.05, 3.63) is 35.5 Å². The lowest BCUT2D eigenvalue weighted by molar-refractivity contribution is -0.302. The number of hydrogen-bond donors (Lipinski definition) is 4. The summed E-state index contributed by atoms with van der Waals surface area (Å²) in [5.41, 5.74) is 1.57. The van der Waals surface area contributed by atoms with E-state index in [1.54, 1.807) is 21.0 Å². The summed E-state index contributed by atoms with van der Waals surface area (Å²) in [6.07, 6.45) is 7.56. The molecule has 3 saturated heterocycles. The SMILES string of the molecule is CO[C@H]1C[C@@H](C)C/C(C)=C/[C@@H](C/C=C/CCC(=O)N2CCNCC2)C(=O)C[C@H](O)[C@@H](C)[C@@H](/C(C)=C/[C@@H]2CC[C@@H](O)[C@H](OC)C2)OC(=O)[C@@H]2CCCCN2C(=O)C(=O)[C@]2(O)O[C@H]1[C@@H](OC)C[C@H]2C. The number of piperazine rings is 1. The van der Waals surface area contributed by atoms with E-state index in [4.69, 9.17) is 23.7 Å². The quantitative estimate of drug-likeness (QED) is 0.137. The smallest absolute Gasteiger partial charge is 0.329 e. The number of carbonyl (C=O) groups excluding carboxylic acids is 5. The molecule has 67 heavy (non-hydrogen) atoms. The van der Waals surface area contributed by atoms with Crippen LogP contribution in [-0.4, -0.2) is 163 Å². The lowest BCUT2D eigenvalue weighted by Crippen LogP contribution is -2.64. The Balaban J connectivity index is 1.50. The van der Waals surface area contributed by atoms with Gasteiger partial charge in [0.15, 0.2) is 0 Å². The average Bonchev–Trinajstić information content (AvgIpc) is 3.32. The van der Waals surface area contributed by atoms with Crippen LogP contribution in [0.4, 0.5) is 0 Å². The first-order valence-electron chi connectivity index (χ1n) is 24.8. The number of Topliss-reactive ketones (excluding diaryl/α,β-unsaturated/α-hetero) is 2. The first-order valence-corrected chi connectivity index (χ1v) is 24.8. The van der Waals surface area contributed by atoms with E-state index in [1.807, 2.05) is 50.0 Å². The molecule has 16 heteroatoms. The number of cyclic esters (lactones) is 1. The summed E-state index contributed by atoms with van der Waals surface area (Å²) in [5, 5.41) is 37.9. The van der Waals surface area contributed by atoms with Crippen LogP contribution in [0, 0.1) is 29.6 Å². The highest BCUT2D eigenvalue weighted by Crippen LogP contribution is 2.39. The lowest BCUT2D eigenvalue weighted by atomic mass is 9.81. The third-order valence-electron chi connectivity index (χ3n) is 15.0. The predicted octanol–water partition coefficient (Wildman–Crippen LogP) is 4.22. The largest absolute Gasteiger partial charge is 0.456 e. The van der Waals surface area contributed by atoms with Gasteiger partial charge < -0.3 is 54.1 Å². The van der Waals surface area contributed by atoms with Crippen LogP contribution in [0.5, 0.6) is 0 Å². The molecule has 0 aromatic heterocycles. The van der Waals surface area contributed by atoms with Gasteiger partial charge in [0.25, 0.3) is 11.7 Å². The number of esters is 1. The van der Waals surface area contributed by atoms with Crippen LogP contribution in [0.3, 0.4) is 0 Å². The number of fused-ring (bicyclic) bond motifs is 3. The molecule has 1 saturated carbocycles. The molecule has 1 aliphatic carbocycles. The Morgan fingerprint density at radius 1 is 0.881 bits per heavy atom. The predicted molar refractivity (Wildman–Crippen MR) is 250 cm³/mol. The number of ether oxygens (including phenoxy) is 5. The lowest BCUT2D eigenvalue weighted by Gasteiger charge is -2.47. The summed E-state index contributed by atoms with van der Waals surface area (Å²) in [5.74, 6) is -7.96. The maximum Gasteiger partial charge on any atom is 0.329 e. The van der Waals surface area contributed by atoms with E-state index in [0.717, 1.165) is 18.7 Å². The molecule has 14 atom stereocenters. The zero-order valence-electron chi connectivity index (χ0n) is 41.4. The van der Waals surface area contributed by atoms with E-state index in [2.05, 4.69) is 5.32 Å². The van der Waals surface area contributed by atoms with E-state index in [0.29, 0.717) is 82.9 Å². The van der Waals surface area contributed by atoms with Gasteiger partial charge in [0, 0.05) is 84.6 Å². The van der Waals surface area contributed by atoms with Gasteiger partial charge in [-0.05, 0) is 102 Å². The number of rotatable bonds is 10. The fourth-order valence-corrected chi connectivity index (χ4v) is 10.9. The minimum absolute atomic E-state index is 0.0338. The molecule has 0 aromatic rings. The van der Waals surface area contributed by atoms with Gasteiger partial charge in [-0.2, -0.15) is 0 Å². The molecule has 4 aliphatic heterocycles. The summed E-state index contributed by atoms with van der Waals surface area (Å²) in [4.78, 5) is 73.5. The minimum atomic E-state index is -2.54. The van der Waals surface area contributed by atoms with Gasteiger partial charge in [0.05, 0.1) is 30.5 Å². The van der Waals surface area contributed by atoms with E-state index in [-0.39, 0.29) is 55.4 Å². The molecule has 2 amide bonds. The number of ketones is 2. The Morgan fingerprint density at radius 2 is 1.57 bits per heavy atom. The molecular weight excluding hydrogens is 863 g/mol. The van der Waals surface area contributed by atoms with Crippen molar-refractivity contribution in [1.29, 1.82) is 0 Å². The van der Waals surface area contributed by atoms with Gasteiger partial charge in [-0.1, -0.05) is 50.6 Å². The average molecular weight is 944 g/mol. The summed E-state index contributed by atoms with van der Waals surface area (Å²) < 4.78 is 30.0. The van der Waals surface area contributed by atoms with Crippen LogP contribution in [0.15, 0.2) is 35.5 Å². The first kappa shape index (κ1) is 54.6. The molecular formula is C51H81N3O13. The fraction of sp³-hybridized carbons (Fsp3) is 0.784. The number of nitrogens with one attached hydrogen (secondary N) is 1. The van der Waals surface area contributed by atoms with Gasteiger partial charge in [-0.15, -0.1) is 0 Å². The van der Waals surface area contributed by atoms with Crippen molar-refractivity contribution in [2.75, 3.05) is 54.1 Å². The van der Waals surface area contributed by atoms with Gasteiger partial charge in [-0.3, -0.25) is 19.2 Å². The zero-order valence-corrected chi connectivity index (χ0v) is 41.4. The first-order chi connectivity index (χ1) is 31.9. The Kier molecular flexibility index (Phi) is 20.8. The molecule has 4 fully saturated rings. The third-order valence-corrected chi connectivity index (χ3v) is 15.0. The topological polar surface area (TPSA) is 211 Å². The molecule has 2 bridgehead atoms. The second kappa shape index (κ2) is 25.5. The molecule has 0 unspecified atom stereocenters. The number of aliphatic hydroxyl groups excluding tert-OH is 2. The molecule has 0 spiro atoms. The highest BCUT2D eigenvalue weighted by Gasteiger charge is 2.56. The van der Waals surface area contributed by atoms with Crippen LogP contribution in [0.25, 0.3) is 0 Å². The van der Waals surface area contributed by atoms with Crippen molar-refractivity contribution in [3.63, 3.8) is 0 Å². The monoisotopic (exact) mass is 944 g/mol. The van der Waals surface area contributed by atoms with Crippen molar-refractivity contribution >= 4 is 29.4 Å². The van der Waals surface area contributed by atoms with E-state index >= 15 is 0 Å². The van der Waals surface area contributed by atoms with Gasteiger partial charge in [0.1, 0.15) is 24.0 Å². The number of nitrogens with zero attached hydrogens (tertiary/aromatic N) is 2. The second-order valence-electron chi connectivity index (χ2n) is 20.1. The van der Waals surface area contributed by atoms with Crippen molar-refractivity contribution < 1.29 is 63.0 Å². The Labute approximate surface area is 398 Å². The molecule has 0 aromatic carbocycles. The third kappa shape index (κ3) is 14.1. The van der Waals surface area contributed by atoms with Crippen LogP contribution in [0.1, 0.15) is 118 Å². The molecule has 16 nitrogen and oxygen atoms in total. The van der Waals surface area contributed by atoms with Crippen LogP contribution in [-0.2, 0) is 47.7 Å². The summed E-state index contributed by atoms with van der Waals surface area (Å²) in [7, 11) is 4.61. The van der Waals surface area contributed by atoms with Crippen LogP contribution < -0.4 is 5.32 Å². The van der Waals surface area contributed by atoms with Gasteiger partial charge in [-0.25, -0.2) is 4.79 Å². The highest BCUT2D eigenvalue weighted by atomic mass is 16.7. The molecule has 0 radical (unpaired) electrons. The Hall–Kier alpha value is -3.35. The molecule has 378 valence electrons. The maximum atomic E-state index is 14.5. The second-order valence-corrected chi connectivity index (χ2v) is 20.1. The minimum Gasteiger partial charge on any atom is -0.456 e. The number of carbonyl (C=O) groups is 5. The van der Waals surface area contributed by atoms with Gasteiger partial charge in [0.2, 0.25) is 11.7 Å². The van der Waals surface area contributed by atoms with Crippen molar-refractivity contribution in [2.24, 2.45) is 29.6 Å². The standard InChI is InChI=1S/C51H81N3O13/c1-31-24-32(2)26-43(64-7)47-44(65-8)28-34(4)51(62,67-47)48(59)49(60)54-21-13-12-15-38(54)50(61)66-46(33(3)27-36-17-18-39(55)42(29-36)63-6)35(5)40(56)30-41(57)37(25-31)14-10-9-11-16-45(58)53-22-19-52-20-23-53/h9-10,25,27,32,34-40,42-44,46-47,52,55-56,62H,11-24,26,28-30H2,1-8H3/b10-9+,31-25+,33-27+/t32-,34+,35+,36-,37+,38-,39+,40-,42+,43-,44-,46+,47+,51+/m0/s1. The molecule has 4 heterocycles. The van der Waals surface area contributed by atoms with Crippen molar-refractivity contribution in [1.82, 2.24) is 15.1 Å². The summed E-state index contributed by atoms with van der Waals surface area (Å²) >= 11 is 0. The van der Waals surface area contributed by atoms with Gasteiger partial charge >= 0.3 is 5.97 Å². The Bertz CT molecular complexity index is 1780. The normalized spacial score (nSPS) is 38.2. The number of piperidine rings is 1. The maximum absolute atomic E-state index is 14.5. The zero-order chi connectivity index (χ0) is 49.0. The molecule has 4 N–H and O–H groups in total. The number of amides is 2. The van der Waals surface area contributed by atoms with Crippen molar-refractivity contribution in [2.45, 2.75) is 173 Å². The summed E-state index contributed by atoms with van der Waals surface area (Å²) in [6.45, 7) is 12.2. The summed E-state index contributed by atoms with van der Waals surface area (Å²) in [6, 6.07) is -1.17. The molecule has 5 aliphatic rings. The van der Waals surface area contributed by atoms with Crippen LogP contribution in [0.2, 0.25) is 0 Å². The van der Waals surface area contributed by atoms with Crippen molar-refractivity contribution in [3.8, 4) is 0 Å². The Morgan fingerprint density at radius 3 is 2.25 bits per heavy atom. The number of methoxy groups -OCH3 is 3. The van der Waals surface area contributed by atoms with E-state index < -0.39 is 83.9 Å². The van der Waals surface area contributed by atoms with E-state index in [1.165, 1.54) is 19.1 Å².